The summed E-state index contributed by atoms with van der Waals surface area (Å²) in [4.78, 5) is 32.7. The van der Waals surface area contributed by atoms with Gasteiger partial charge in [0.05, 0.1) is 25.4 Å². The number of carbonyl (C=O) groups is 2. The van der Waals surface area contributed by atoms with Crippen molar-refractivity contribution in [2.75, 3.05) is 38.5 Å². The van der Waals surface area contributed by atoms with Crippen LogP contribution in [0.2, 0.25) is 0 Å². The third-order valence-corrected chi connectivity index (χ3v) is 4.74. The number of morpholine rings is 1. The molecule has 3 rings (SSSR count). The summed E-state index contributed by atoms with van der Waals surface area (Å²) in [6.45, 7) is 4.16. The third-order valence-electron chi connectivity index (χ3n) is 4.74. The number of ether oxygens (including phenoxy) is 1. The highest BCUT2D eigenvalue weighted by atomic mass is 16.5. The number of rotatable bonds is 3. The maximum atomic E-state index is 12.7. The Morgan fingerprint density at radius 1 is 1.32 bits per heavy atom. The number of likely N-dealkylation sites (tertiary alicyclic amines) is 1. The molecule has 136 valence electrons. The van der Waals surface area contributed by atoms with Gasteiger partial charge in [-0.1, -0.05) is 6.42 Å². The van der Waals surface area contributed by atoms with E-state index in [0.29, 0.717) is 38.3 Å². The fourth-order valence-electron chi connectivity index (χ4n) is 3.41. The van der Waals surface area contributed by atoms with E-state index in [0.717, 1.165) is 30.7 Å². The van der Waals surface area contributed by atoms with Gasteiger partial charge in [-0.15, -0.1) is 0 Å². The number of pyridine rings is 1. The Morgan fingerprint density at radius 2 is 2.16 bits per heavy atom. The molecule has 1 aromatic rings. The molecular formula is C18H26N4O3. The van der Waals surface area contributed by atoms with Gasteiger partial charge in [0.1, 0.15) is 6.10 Å². The molecule has 0 spiro atoms. The molecule has 0 aliphatic carbocycles. The zero-order valence-corrected chi connectivity index (χ0v) is 14.7. The highest BCUT2D eigenvalue weighted by Gasteiger charge is 2.28. The predicted octanol–water partition coefficient (Wildman–Crippen LogP) is 1.27. The summed E-state index contributed by atoms with van der Waals surface area (Å²) in [5.41, 5.74) is 8.12. The van der Waals surface area contributed by atoms with Crippen molar-refractivity contribution in [3.63, 3.8) is 0 Å². The average Bonchev–Trinajstić information content (AvgIpc) is 2.79. The maximum absolute atomic E-state index is 12.7. The first-order valence-electron chi connectivity index (χ1n) is 8.94. The van der Waals surface area contributed by atoms with E-state index in [9.17, 15) is 9.59 Å². The lowest BCUT2D eigenvalue weighted by atomic mass is 10.1. The van der Waals surface area contributed by atoms with Crippen molar-refractivity contribution in [2.24, 2.45) is 0 Å². The third kappa shape index (κ3) is 4.48. The van der Waals surface area contributed by atoms with Crippen LogP contribution in [-0.2, 0) is 14.3 Å². The van der Waals surface area contributed by atoms with Crippen LogP contribution in [0.25, 0.3) is 0 Å². The molecule has 2 aliphatic rings. The second-order valence-electron chi connectivity index (χ2n) is 6.79. The lowest BCUT2D eigenvalue weighted by Crippen LogP contribution is -2.48. The van der Waals surface area contributed by atoms with Gasteiger partial charge in [-0.3, -0.25) is 14.6 Å². The molecule has 0 radical (unpaired) electrons. The second kappa shape index (κ2) is 7.82. The molecule has 2 amide bonds. The Morgan fingerprint density at radius 3 is 2.96 bits per heavy atom. The lowest BCUT2D eigenvalue weighted by Gasteiger charge is -2.34. The van der Waals surface area contributed by atoms with Crippen LogP contribution in [0, 0.1) is 6.92 Å². The number of aryl methyl sites for hydroxylation is 1. The first kappa shape index (κ1) is 17.7. The summed E-state index contributed by atoms with van der Waals surface area (Å²) in [5, 5.41) is 0. The Kier molecular flexibility index (Phi) is 5.53. The fraction of sp³-hybridized carbons (Fsp3) is 0.611. The van der Waals surface area contributed by atoms with Gasteiger partial charge in [0.15, 0.2) is 0 Å². The first-order valence-corrected chi connectivity index (χ1v) is 8.94. The quantitative estimate of drug-likeness (QED) is 0.890. The molecule has 0 bridgehead atoms. The van der Waals surface area contributed by atoms with Gasteiger partial charge in [0, 0.05) is 30.9 Å². The van der Waals surface area contributed by atoms with E-state index in [1.165, 1.54) is 0 Å². The number of nitrogens with two attached hydrogens (primary N) is 1. The van der Waals surface area contributed by atoms with Crippen LogP contribution >= 0.6 is 0 Å². The molecule has 2 N–H and O–H groups in total. The topological polar surface area (TPSA) is 88.8 Å². The summed E-state index contributed by atoms with van der Waals surface area (Å²) in [6.07, 6.45) is 3.21. The number of nitrogen functional groups attached to an aromatic ring is 1. The summed E-state index contributed by atoms with van der Waals surface area (Å²) >= 11 is 0. The van der Waals surface area contributed by atoms with Crippen LogP contribution in [-0.4, -0.2) is 59.4 Å². The van der Waals surface area contributed by atoms with Crippen LogP contribution in [0.3, 0.4) is 0 Å². The number of aromatic nitrogens is 1. The van der Waals surface area contributed by atoms with E-state index in [-0.39, 0.29) is 24.5 Å². The van der Waals surface area contributed by atoms with Gasteiger partial charge >= 0.3 is 0 Å². The van der Waals surface area contributed by atoms with Crippen LogP contribution < -0.4 is 5.73 Å². The minimum atomic E-state index is -0.278. The lowest BCUT2D eigenvalue weighted by molar-refractivity contribution is -0.145. The van der Waals surface area contributed by atoms with Crippen molar-refractivity contribution in [2.45, 2.75) is 38.7 Å². The Bertz CT molecular complexity index is 629. The largest absolute Gasteiger partial charge is 0.399 e. The second-order valence-corrected chi connectivity index (χ2v) is 6.79. The number of hydrogen-bond donors (Lipinski definition) is 1. The average molecular weight is 346 g/mol. The minimum Gasteiger partial charge on any atom is -0.399 e. The molecule has 1 atom stereocenters. The molecule has 3 heterocycles. The minimum absolute atomic E-state index is 0.0239. The number of anilines is 1. The molecule has 2 fully saturated rings. The van der Waals surface area contributed by atoms with E-state index in [1.807, 2.05) is 6.92 Å². The molecule has 2 saturated heterocycles. The standard InChI is InChI=1S/C18H26N4O3/c1-13-9-14(19)10-15(20-13)16-11-22(7-8-25-16)18(24)12-21-6-4-2-3-5-17(21)23/h9-10,16H,2-8,11-12H2,1H3,(H2,19,20)/t16-/m1/s1. The van der Waals surface area contributed by atoms with E-state index < -0.39 is 0 Å². The normalized spacial score (nSPS) is 22.0. The van der Waals surface area contributed by atoms with Crippen molar-refractivity contribution in [3.8, 4) is 0 Å². The molecule has 0 aromatic carbocycles. The molecule has 7 nitrogen and oxygen atoms in total. The predicted molar refractivity (Wildman–Crippen MR) is 93.7 cm³/mol. The van der Waals surface area contributed by atoms with Crippen molar-refractivity contribution in [1.82, 2.24) is 14.8 Å². The molecule has 0 unspecified atom stereocenters. The van der Waals surface area contributed by atoms with Gasteiger partial charge in [-0.05, 0) is 31.9 Å². The van der Waals surface area contributed by atoms with Crippen molar-refractivity contribution in [3.05, 3.63) is 23.5 Å². The van der Waals surface area contributed by atoms with Crippen molar-refractivity contribution in [1.29, 1.82) is 0 Å². The smallest absolute Gasteiger partial charge is 0.242 e. The zero-order valence-electron chi connectivity index (χ0n) is 14.7. The van der Waals surface area contributed by atoms with Gasteiger partial charge in [0.25, 0.3) is 0 Å². The SMILES string of the molecule is Cc1cc(N)cc([C@H]2CN(C(=O)CN3CCCCCC3=O)CCO2)n1. The Hall–Kier alpha value is -2.15. The molecule has 25 heavy (non-hydrogen) atoms. The highest BCUT2D eigenvalue weighted by molar-refractivity contribution is 5.85. The van der Waals surface area contributed by atoms with E-state index in [2.05, 4.69) is 4.98 Å². The number of carbonyl (C=O) groups excluding carboxylic acids is 2. The zero-order chi connectivity index (χ0) is 17.8. The summed E-state index contributed by atoms with van der Waals surface area (Å²) in [6, 6.07) is 3.60. The van der Waals surface area contributed by atoms with Crippen LogP contribution in [0.15, 0.2) is 12.1 Å². The van der Waals surface area contributed by atoms with Gasteiger partial charge in [-0.25, -0.2) is 0 Å². The van der Waals surface area contributed by atoms with Gasteiger partial charge in [0.2, 0.25) is 11.8 Å². The molecule has 0 saturated carbocycles. The summed E-state index contributed by atoms with van der Waals surface area (Å²) in [5.74, 6) is 0.0629. The Labute approximate surface area is 148 Å². The van der Waals surface area contributed by atoms with Crippen LogP contribution in [0.5, 0.6) is 0 Å². The van der Waals surface area contributed by atoms with E-state index >= 15 is 0 Å². The van der Waals surface area contributed by atoms with Crippen molar-refractivity contribution >= 4 is 17.5 Å². The van der Waals surface area contributed by atoms with Gasteiger partial charge < -0.3 is 20.3 Å². The van der Waals surface area contributed by atoms with E-state index in [1.54, 1.807) is 21.9 Å². The van der Waals surface area contributed by atoms with Crippen LogP contribution in [0.1, 0.15) is 43.2 Å². The number of amides is 2. The first-order chi connectivity index (χ1) is 12.0. The van der Waals surface area contributed by atoms with E-state index in [4.69, 9.17) is 10.5 Å². The monoisotopic (exact) mass is 346 g/mol. The van der Waals surface area contributed by atoms with Crippen LogP contribution in [0.4, 0.5) is 5.69 Å². The number of nitrogens with zero attached hydrogens (tertiary/aromatic N) is 3. The molecule has 1 aromatic heterocycles. The summed E-state index contributed by atoms with van der Waals surface area (Å²) < 4.78 is 5.79. The highest BCUT2D eigenvalue weighted by Crippen LogP contribution is 2.23. The number of hydrogen-bond acceptors (Lipinski definition) is 5. The molecular weight excluding hydrogens is 320 g/mol. The molecule has 2 aliphatic heterocycles. The maximum Gasteiger partial charge on any atom is 0.242 e. The van der Waals surface area contributed by atoms with Gasteiger partial charge in [-0.2, -0.15) is 0 Å². The summed E-state index contributed by atoms with van der Waals surface area (Å²) in [7, 11) is 0. The fourth-order valence-corrected chi connectivity index (χ4v) is 3.41. The van der Waals surface area contributed by atoms with Crippen molar-refractivity contribution < 1.29 is 14.3 Å². The Balaban J connectivity index is 1.64. The molecule has 7 heteroatoms.